The maximum absolute atomic E-state index is 12.0. The summed E-state index contributed by atoms with van der Waals surface area (Å²) < 4.78 is 5.15. The normalized spacial score (nSPS) is 12.9. The van der Waals surface area contributed by atoms with Gasteiger partial charge in [-0.05, 0) is 47.0 Å². The molecule has 0 fully saturated rings. The van der Waals surface area contributed by atoms with Crippen LogP contribution in [0.2, 0.25) is 0 Å². The van der Waals surface area contributed by atoms with Crippen molar-refractivity contribution in [1.29, 1.82) is 0 Å². The van der Waals surface area contributed by atoms with Crippen LogP contribution < -0.4 is 5.32 Å². The van der Waals surface area contributed by atoms with Crippen LogP contribution in [-0.2, 0) is 14.3 Å². The maximum Gasteiger partial charge on any atom is 0.323 e. The number of carbonyl (C=O) groups is 2. The zero-order valence-corrected chi connectivity index (χ0v) is 16.6. The highest BCUT2D eigenvalue weighted by molar-refractivity contribution is 5.78. The molecule has 0 bridgehead atoms. The van der Waals surface area contributed by atoms with E-state index >= 15 is 0 Å². The van der Waals surface area contributed by atoms with E-state index in [9.17, 15) is 9.59 Å². The molecule has 1 atom stereocenters. The third kappa shape index (κ3) is 13.5. The third-order valence-corrected chi connectivity index (χ3v) is 3.94. The molecule has 0 heterocycles. The Morgan fingerprint density at radius 3 is 2.00 bits per heavy atom. The van der Waals surface area contributed by atoms with Crippen molar-refractivity contribution >= 4 is 11.8 Å². The van der Waals surface area contributed by atoms with Gasteiger partial charge >= 0.3 is 5.97 Å². The van der Waals surface area contributed by atoms with Gasteiger partial charge < -0.3 is 4.74 Å². The van der Waals surface area contributed by atoms with Gasteiger partial charge in [0.15, 0.2) is 0 Å². The number of hydrogen-bond donors (Lipinski definition) is 1. The highest BCUT2D eigenvalue weighted by Gasteiger charge is 2.24. The Morgan fingerprint density at radius 2 is 1.50 bits per heavy atom. The molecule has 0 amide bonds. The number of esters is 1. The second-order valence-corrected chi connectivity index (χ2v) is 7.65. The predicted octanol–water partition coefficient (Wildman–Crippen LogP) is 4.80. The molecule has 0 aromatic carbocycles. The smallest absolute Gasteiger partial charge is 0.323 e. The van der Waals surface area contributed by atoms with Crippen molar-refractivity contribution in [3.63, 3.8) is 0 Å². The Hall–Kier alpha value is -0.900. The van der Waals surface area contributed by atoms with E-state index in [1.54, 1.807) is 0 Å². The maximum atomic E-state index is 12.0. The molecule has 0 aromatic heterocycles. The molecule has 0 unspecified atom stereocenters. The number of ketones is 1. The summed E-state index contributed by atoms with van der Waals surface area (Å²) >= 11 is 0. The van der Waals surface area contributed by atoms with Gasteiger partial charge in [0.05, 0.1) is 6.61 Å². The van der Waals surface area contributed by atoms with Crippen molar-refractivity contribution in [1.82, 2.24) is 5.32 Å². The molecule has 4 heteroatoms. The molecule has 0 spiro atoms. The van der Waals surface area contributed by atoms with Gasteiger partial charge in [-0.15, -0.1) is 0 Å². The number of rotatable bonds is 14. The topological polar surface area (TPSA) is 55.4 Å². The lowest BCUT2D eigenvalue weighted by Gasteiger charge is -2.27. The first-order valence-corrected chi connectivity index (χ1v) is 9.76. The largest absolute Gasteiger partial charge is 0.465 e. The standard InChI is InChI=1S/C20H39NO3/c1-6-8-9-11-14-17(22)15-12-10-13-16-18(19(23)24-7-2)21-20(3,4)5/h18,21H,6-16H2,1-5H3/t18-/m0/s1. The summed E-state index contributed by atoms with van der Waals surface area (Å²) in [6, 6.07) is -0.255. The molecule has 0 radical (unpaired) electrons. The lowest BCUT2D eigenvalue weighted by Crippen LogP contribution is -2.48. The summed E-state index contributed by atoms with van der Waals surface area (Å²) in [6.45, 7) is 10.6. The zero-order valence-electron chi connectivity index (χ0n) is 16.6. The number of hydrogen-bond acceptors (Lipinski definition) is 4. The number of nitrogens with one attached hydrogen (secondary N) is 1. The van der Waals surface area contributed by atoms with E-state index in [2.05, 4.69) is 33.0 Å². The first-order valence-electron chi connectivity index (χ1n) is 9.76. The minimum atomic E-state index is -0.255. The molecule has 0 aromatic rings. The zero-order chi connectivity index (χ0) is 18.4. The van der Waals surface area contributed by atoms with Crippen molar-refractivity contribution in [3.8, 4) is 0 Å². The molecule has 0 aliphatic heterocycles. The molecule has 4 nitrogen and oxygen atoms in total. The summed E-state index contributed by atoms with van der Waals surface area (Å²) in [5, 5.41) is 3.34. The fourth-order valence-electron chi connectivity index (χ4n) is 2.74. The van der Waals surface area contributed by atoms with Crippen LogP contribution in [0.1, 0.15) is 98.8 Å². The molecule has 0 aliphatic rings. The van der Waals surface area contributed by atoms with Crippen LogP contribution in [-0.4, -0.2) is 29.9 Å². The lowest BCUT2D eigenvalue weighted by molar-refractivity contribution is -0.146. The minimum Gasteiger partial charge on any atom is -0.465 e. The number of unbranched alkanes of at least 4 members (excludes halogenated alkanes) is 5. The van der Waals surface area contributed by atoms with Gasteiger partial charge in [-0.2, -0.15) is 0 Å². The van der Waals surface area contributed by atoms with Crippen molar-refractivity contribution in [2.24, 2.45) is 0 Å². The van der Waals surface area contributed by atoms with Gasteiger partial charge in [0.1, 0.15) is 11.8 Å². The monoisotopic (exact) mass is 341 g/mol. The van der Waals surface area contributed by atoms with Crippen LogP contribution in [0.4, 0.5) is 0 Å². The Morgan fingerprint density at radius 1 is 0.917 bits per heavy atom. The fourth-order valence-corrected chi connectivity index (χ4v) is 2.74. The summed E-state index contributed by atoms with van der Waals surface area (Å²) in [7, 11) is 0. The lowest BCUT2D eigenvalue weighted by atomic mass is 10.0. The van der Waals surface area contributed by atoms with E-state index in [0.717, 1.165) is 38.5 Å². The van der Waals surface area contributed by atoms with Crippen molar-refractivity contribution in [2.45, 2.75) is 110 Å². The highest BCUT2D eigenvalue weighted by atomic mass is 16.5. The molecule has 0 saturated carbocycles. The number of Topliss-reactive ketones (excluding diaryl/α,β-unsaturated/α-hetero) is 1. The second-order valence-electron chi connectivity index (χ2n) is 7.65. The predicted molar refractivity (Wildman–Crippen MR) is 100 cm³/mol. The average molecular weight is 342 g/mol. The van der Waals surface area contributed by atoms with Crippen LogP contribution in [0.5, 0.6) is 0 Å². The molecule has 0 rings (SSSR count). The number of carbonyl (C=O) groups excluding carboxylic acids is 2. The molecule has 0 saturated heterocycles. The van der Waals surface area contributed by atoms with Crippen molar-refractivity contribution < 1.29 is 14.3 Å². The molecular weight excluding hydrogens is 302 g/mol. The Labute approximate surface area is 149 Å². The van der Waals surface area contributed by atoms with E-state index in [4.69, 9.17) is 4.74 Å². The summed E-state index contributed by atoms with van der Waals surface area (Å²) in [5.74, 6) is 0.222. The minimum absolute atomic E-state index is 0.119. The first kappa shape index (κ1) is 23.1. The molecule has 24 heavy (non-hydrogen) atoms. The van der Waals surface area contributed by atoms with Crippen molar-refractivity contribution in [2.75, 3.05) is 6.61 Å². The Kier molecular flexibility index (Phi) is 12.9. The summed E-state index contributed by atoms with van der Waals surface area (Å²) in [4.78, 5) is 23.8. The molecular formula is C20H39NO3. The van der Waals surface area contributed by atoms with Gasteiger partial charge in [-0.3, -0.25) is 14.9 Å². The fraction of sp³-hybridized carbons (Fsp3) is 0.900. The summed E-state index contributed by atoms with van der Waals surface area (Å²) in [5.41, 5.74) is -0.119. The number of ether oxygens (including phenoxy) is 1. The van der Waals surface area contributed by atoms with Gasteiger partial charge in [0.2, 0.25) is 0 Å². The first-order chi connectivity index (χ1) is 11.3. The van der Waals surface area contributed by atoms with Gasteiger partial charge in [0, 0.05) is 18.4 Å². The van der Waals surface area contributed by atoms with Crippen LogP contribution >= 0.6 is 0 Å². The average Bonchev–Trinajstić information content (AvgIpc) is 2.49. The quantitative estimate of drug-likeness (QED) is 0.364. The Balaban J connectivity index is 3.94. The molecule has 0 aliphatic carbocycles. The van der Waals surface area contributed by atoms with Gasteiger partial charge in [0.25, 0.3) is 0 Å². The highest BCUT2D eigenvalue weighted by Crippen LogP contribution is 2.12. The van der Waals surface area contributed by atoms with E-state index < -0.39 is 0 Å². The van der Waals surface area contributed by atoms with E-state index in [1.807, 2.05) is 6.92 Å². The van der Waals surface area contributed by atoms with Crippen molar-refractivity contribution in [3.05, 3.63) is 0 Å². The van der Waals surface area contributed by atoms with E-state index in [-0.39, 0.29) is 17.6 Å². The van der Waals surface area contributed by atoms with Crippen LogP contribution in [0.3, 0.4) is 0 Å². The molecule has 1 N–H and O–H groups in total. The molecule has 142 valence electrons. The van der Waals surface area contributed by atoms with Crippen LogP contribution in [0, 0.1) is 0 Å². The van der Waals surface area contributed by atoms with E-state index in [1.165, 1.54) is 19.3 Å². The SMILES string of the molecule is CCCCCCC(=O)CCCCC[C@H](NC(C)(C)C)C(=O)OCC. The Bertz CT molecular complexity index is 347. The van der Waals surface area contributed by atoms with Gasteiger partial charge in [-0.25, -0.2) is 0 Å². The van der Waals surface area contributed by atoms with Crippen LogP contribution in [0.15, 0.2) is 0 Å². The van der Waals surface area contributed by atoms with Gasteiger partial charge in [-0.1, -0.05) is 39.0 Å². The third-order valence-electron chi connectivity index (χ3n) is 3.94. The van der Waals surface area contributed by atoms with E-state index in [0.29, 0.717) is 18.8 Å². The second kappa shape index (κ2) is 13.4. The van der Waals surface area contributed by atoms with Crippen LogP contribution in [0.25, 0.3) is 0 Å². The summed E-state index contributed by atoms with van der Waals surface area (Å²) in [6.07, 6.45) is 9.67.